The van der Waals surface area contributed by atoms with Crippen LogP contribution in [0.3, 0.4) is 0 Å². The minimum absolute atomic E-state index is 0.310. The first kappa shape index (κ1) is 15.4. The van der Waals surface area contributed by atoms with Crippen LogP contribution < -0.4 is 0 Å². The van der Waals surface area contributed by atoms with E-state index in [0.29, 0.717) is 22.9 Å². The van der Waals surface area contributed by atoms with Gasteiger partial charge < -0.3 is 0 Å². The number of halogens is 2. The third-order valence-electron chi connectivity index (χ3n) is 2.87. The van der Waals surface area contributed by atoms with Crippen molar-refractivity contribution < 1.29 is 0 Å². The van der Waals surface area contributed by atoms with Crippen molar-refractivity contribution in [3.05, 3.63) is 27.7 Å². The van der Waals surface area contributed by atoms with Crippen molar-refractivity contribution in [3.8, 4) is 11.4 Å². The van der Waals surface area contributed by atoms with Gasteiger partial charge in [0.05, 0.1) is 21.9 Å². The predicted molar refractivity (Wildman–Crippen MR) is 84.9 cm³/mol. The summed E-state index contributed by atoms with van der Waals surface area (Å²) in [5, 5.41) is 4.76. The van der Waals surface area contributed by atoms with Crippen LogP contribution in [-0.2, 0) is 6.42 Å². The fraction of sp³-hybridized carbons (Fsp3) is 0.500. The lowest BCUT2D eigenvalue weighted by Crippen LogP contribution is -2.03. The van der Waals surface area contributed by atoms with Crippen molar-refractivity contribution in [2.24, 2.45) is 5.92 Å². The molecule has 2 aromatic rings. The van der Waals surface area contributed by atoms with Gasteiger partial charge in [-0.3, -0.25) is 4.68 Å². The molecule has 0 aliphatic rings. The van der Waals surface area contributed by atoms with Crippen LogP contribution in [0.2, 0.25) is 5.15 Å². The molecule has 2 aromatic heterocycles. The van der Waals surface area contributed by atoms with Crippen molar-refractivity contribution in [1.82, 2.24) is 19.7 Å². The Bertz CT molecular complexity index is 607. The molecular weight excluding hydrogens is 340 g/mol. The molecule has 20 heavy (non-hydrogen) atoms. The summed E-state index contributed by atoms with van der Waals surface area (Å²) >= 11 is 9.66. The molecule has 0 amide bonds. The van der Waals surface area contributed by atoms with E-state index in [1.807, 2.05) is 10.9 Å². The summed E-state index contributed by atoms with van der Waals surface area (Å²) in [5.41, 5.74) is 1.82. The lowest BCUT2D eigenvalue weighted by atomic mass is 10.1. The molecule has 0 aromatic carbocycles. The van der Waals surface area contributed by atoms with Gasteiger partial charge in [0.15, 0.2) is 5.82 Å². The van der Waals surface area contributed by atoms with Gasteiger partial charge in [-0.05, 0) is 42.1 Å². The Labute approximate surface area is 132 Å². The van der Waals surface area contributed by atoms with Gasteiger partial charge in [0.25, 0.3) is 0 Å². The Morgan fingerprint density at radius 1 is 1.25 bits per heavy atom. The van der Waals surface area contributed by atoms with E-state index in [2.05, 4.69) is 58.7 Å². The predicted octanol–water partition coefficient (Wildman–Crippen LogP) is 4.54. The number of aromatic nitrogens is 4. The first-order valence-electron chi connectivity index (χ1n) is 6.65. The zero-order valence-electron chi connectivity index (χ0n) is 12.1. The van der Waals surface area contributed by atoms with Crippen LogP contribution in [0.5, 0.6) is 0 Å². The molecule has 0 radical (unpaired) electrons. The van der Waals surface area contributed by atoms with Gasteiger partial charge in [-0.15, -0.1) is 0 Å². The van der Waals surface area contributed by atoms with E-state index in [1.54, 1.807) is 6.20 Å². The maximum atomic E-state index is 6.20. The van der Waals surface area contributed by atoms with Crippen LogP contribution in [0.4, 0.5) is 0 Å². The molecule has 0 saturated carbocycles. The summed E-state index contributed by atoms with van der Waals surface area (Å²) in [6, 6.07) is 0.310. The third-order valence-corrected chi connectivity index (χ3v) is 4.20. The standard InChI is InChI=1S/C14H18BrClN4/c1-8(2)5-11-12(15)13(16)19-14(18-11)10-6-17-20(7-10)9(3)4/h6-9H,5H2,1-4H3. The first-order chi connectivity index (χ1) is 9.38. The van der Waals surface area contributed by atoms with Gasteiger partial charge >= 0.3 is 0 Å². The quantitative estimate of drug-likeness (QED) is 0.755. The lowest BCUT2D eigenvalue weighted by molar-refractivity contribution is 0.532. The highest BCUT2D eigenvalue weighted by molar-refractivity contribution is 9.10. The first-order valence-corrected chi connectivity index (χ1v) is 7.82. The average molecular weight is 358 g/mol. The number of hydrogen-bond donors (Lipinski definition) is 0. The molecule has 108 valence electrons. The largest absolute Gasteiger partial charge is 0.270 e. The Morgan fingerprint density at radius 2 is 1.95 bits per heavy atom. The number of nitrogens with zero attached hydrogens (tertiary/aromatic N) is 4. The number of hydrogen-bond acceptors (Lipinski definition) is 3. The van der Waals surface area contributed by atoms with Gasteiger partial charge in [-0.1, -0.05) is 25.4 Å². The molecule has 6 heteroatoms. The van der Waals surface area contributed by atoms with Crippen LogP contribution in [0.15, 0.2) is 16.9 Å². The van der Waals surface area contributed by atoms with Crippen molar-refractivity contribution in [1.29, 1.82) is 0 Å². The van der Waals surface area contributed by atoms with Crippen LogP contribution >= 0.6 is 27.5 Å². The van der Waals surface area contributed by atoms with E-state index in [4.69, 9.17) is 11.6 Å². The summed E-state index contributed by atoms with van der Waals surface area (Å²) in [6.45, 7) is 8.46. The second kappa shape index (κ2) is 6.22. The number of rotatable bonds is 4. The zero-order chi connectivity index (χ0) is 14.9. The molecule has 2 heterocycles. The molecule has 0 spiro atoms. The molecule has 0 fully saturated rings. The average Bonchev–Trinajstić information content (AvgIpc) is 2.83. The highest BCUT2D eigenvalue weighted by atomic mass is 79.9. The van der Waals surface area contributed by atoms with Crippen LogP contribution in [-0.4, -0.2) is 19.7 Å². The summed E-state index contributed by atoms with van der Waals surface area (Å²) in [4.78, 5) is 8.96. The third kappa shape index (κ3) is 3.38. The van der Waals surface area contributed by atoms with Gasteiger partial charge in [0, 0.05) is 12.2 Å². The van der Waals surface area contributed by atoms with Gasteiger partial charge in [0.1, 0.15) is 5.15 Å². The molecule has 2 rings (SSSR count). The van der Waals surface area contributed by atoms with Gasteiger partial charge in [0.2, 0.25) is 0 Å². The van der Waals surface area contributed by atoms with Crippen molar-refractivity contribution in [2.75, 3.05) is 0 Å². The summed E-state index contributed by atoms with van der Waals surface area (Å²) in [6.07, 6.45) is 4.58. The smallest absolute Gasteiger partial charge is 0.164 e. The van der Waals surface area contributed by atoms with E-state index in [0.717, 1.165) is 22.2 Å². The Balaban J connectivity index is 2.43. The molecular formula is C14H18BrClN4. The highest BCUT2D eigenvalue weighted by Crippen LogP contribution is 2.28. The van der Waals surface area contributed by atoms with Crippen LogP contribution in [0.1, 0.15) is 39.4 Å². The molecule has 0 bridgehead atoms. The van der Waals surface area contributed by atoms with E-state index >= 15 is 0 Å². The summed E-state index contributed by atoms with van der Waals surface area (Å²) < 4.78 is 2.67. The molecule has 0 atom stereocenters. The van der Waals surface area contributed by atoms with Crippen molar-refractivity contribution in [2.45, 2.75) is 40.2 Å². The Hall–Kier alpha value is -0.940. The fourth-order valence-electron chi connectivity index (χ4n) is 1.85. The summed E-state index contributed by atoms with van der Waals surface area (Å²) in [7, 11) is 0. The van der Waals surface area contributed by atoms with Crippen molar-refractivity contribution >= 4 is 27.5 Å². The Morgan fingerprint density at radius 3 is 2.50 bits per heavy atom. The van der Waals surface area contributed by atoms with Crippen LogP contribution in [0, 0.1) is 5.92 Å². The van der Waals surface area contributed by atoms with E-state index in [-0.39, 0.29) is 0 Å². The maximum absolute atomic E-state index is 6.20. The maximum Gasteiger partial charge on any atom is 0.164 e. The molecule has 0 aliphatic carbocycles. The normalized spacial score (nSPS) is 11.6. The topological polar surface area (TPSA) is 43.6 Å². The van der Waals surface area contributed by atoms with Gasteiger partial charge in [-0.25, -0.2) is 9.97 Å². The zero-order valence-corrected chi connectivity index (χ0v) is 14.4. The fourth-order valence-corrected chi connectivity index (χ4v) is 2.38. The van der Waals surface area contributed by atoms with Gasteiger partial charge in [-0.2, -0.15) is 5.10 Å². The Kier molecular flexibility index (Phi) is 4.81. The van der Waals surface area contributed by atoms with E-state index in [9.17, 15) is 0 Å². The monoisotopic (exact) mass is 356 g/mol. The molecule has 0 saturated heterocycles. The minimum Gasteiger partial charge on any atom is -0.270 e. The molecule has 4 nitrogen and oxygen atoms in total. The molecule has 0 aliphatic heterocycles. The van der Waals surface area contributed by atoms with Crippen molar-refractivity contribution in [3.63, 3.8) is 0 Å². The van der Waals surface area contributed by atoms with E-state index in [1.165, 1.54) is 0 Å². The van der Waals surface area contributed by atoms with E-state index < -0.39 is 0 Å². The minimum atomic E-state index is 0.310. The highest BCUT2D eigenvalue weighted by Gasteiger charge is 2.14. The second-order valence-electron chi connectivity index (χ2n) is 5.50. The molecule has 0 N–H and O–H groups in total. The lowest BCUT2D eigenvalue weighted by Gasteiger charge is -2.09. The summed E-state index contributed by atoms with van der Waals surface area (Å²) in [5.74, 6) is 1.13. The second-order valence-corrected chi connectivity index (χ2v) is 6.65. The SMILES string of the molecule is CC(C)Cc1nc(-c2cnn(C(C)C)c2)nc(Cl)c1Br. The van der Waals surface area contributed by atoms with Crippen LogP contribution in [0.25, 0.3) is 11.4 Å². The molecule has 0 unspecified atom stereocenters.